The number of carbonyl (C=O) groups is 3. The number of alkyl carbamates (subject to hydrolysis) is 1. The van der Waals surface area contributed by atoms with Gasteiger partial charge in [-0.25, -0.2) is 9.59 Å². The van der Waals surface area contributed by atoms with Crippen LogP contribution in [0.2, 0.25) is 0 Å². The van der Waals surface area contributed by atoms with Gasteiger partial charge in [-0.3, -0.25) is 4.79 Å². The predicted molar refractivity (Wildman–Crippen MR) is 132 cm³/mol. The van der Waals surface area contributed by atoms with Crippen molar-refractivity contribution in [2.45, 2.75) is 43.7 Å². The molecule has 0 bridgehead atoms. The molecule has 2 amide bonds. The highest BCUT2D eigenvalue weighted by molar-refractivity contribution is 7.98. The first-order valence-corrected chi connectivity index (χ1v) is 13.0. The zero-order chi connectivity index (χ0) is 24.1. The number of benzene rings is 2. The smallest absolute Gasteiger partial charge is 0.407 e. The molecule has 2 aliphatic rings. The molecule has 3 atom stereocenters. The summed E-state index contributed by atoms with van der Waals surface area (Å²) in [5.74, 6) is -1.22. The number of aliphatic carboxylic acids is 1. The summed E-state index contributed by atoms with van der Waals surface area (Å²) in [5.41, 5.74) is 4.60. The fourth-order valence-electron chi connectivity index (χ4n) is 5.01. The standard InChI is InChI=1S/C26H30N2O5S/c1-34-14-13-23(25(30)31)27-24(29)20-11-6-12-22(20)28-26(32)33-15-21-18-9-4-2-7-16(18)17-8-3-5-10-19(17)21/h2-5,7-10,20-23H,6,11-15H2,1H3,(H,27,29)(H,28,32)(H,30,31)/t20-,22+,23-/m0/s1. The molecule has 0 heterocycles. The fraction of sp³-hybridized carbons (Fsp3) is 0.423. The van der Waals surface area contributed by atoms with Crippen LogP contribution in [0.4, 0.5) is 4.79 Å². The predicted octanol–water partition coefficient (Wildman–Crippen LogP) is 4.02. The lowest BCUT2D eigenvalue weighted by Crippen LogP contribution is -2.49. The van der Waals surface area contributed by atoms with Gasteiger partial charge in [0.05, 0.1) is 5.92 Å². The van der Waals surface area contributed by atoms with Crippen molar-refractivity contribution < 1.29 is 24.2 Å². The van der Waals surface area contributed by atoms with Gasteiger partial charge in [0.15, 0.2) is 0 Å². The second-order valence-electron chi connectivity index (χ2n) is 8.79. The van der Waals surface area contributed by atoms with E-state index in [1.807, 2.05) is 30.5 Å². The number of carbonyl (C=O) groups excluding carboxylic acids is 2. The van der Waals surface area contributed by atoms with Crippen molar-refractivity contribution in [3.05, 3.63) is 59.7 Å². The highest BCUT2D eigenvalue weighted by atomic mass is 32.2. The topological polar surface area (TPSA) is 105 Å². The van der Waals surface area contributed by atoms with Crippen LogP contribution < -0.4 is 10.6 Å². The van der Waals surface area contributed by atoms with Crippen molar-refractivity contribution >= 4 is 29.7 Å². The van der Waals surface area contributed by atoms with Crippen LogP contribution in [0, 0.1) is 5.92 Å². The average Bonchev–Trinajstić information content (AvgIpc) is 3.42. The van der Waals surface area contributed by atoms with Crippen molar-refractivity contribution in [2.75, 3.05) is 18.6 Å². The van der Waals surface area contributed by atoms with E-state index in [0.717, 1.165) is 28.7 Å². The summed E-state index contributed by atoms with van der Waals surface area (Å²) in [6.45, 7) is 0.208. The molecule has 4 rings (SSSR count). The lowest BCUT2D eigenvalue weighted by Gasteiger charge is -2.23. The van der Waals surface area contributed by atoms with Gasteiger partial charge in [-0.2, -0.15) is 11.8 Å². The van der Waals surface area contributed by atoms with Crippen LogP contribution in [-0.2, 0) is 14.3 Å². The molecule has 0 spiro atoms. The molecule has 7 nitrogen and oxygen atoms in total. The fourth-order valence-corrected chi connectivity index (χ4v) is 5.48. The van der Waals surface area contributed by atoms with Crippen LogP contribution in [0.5, 0.6) is 0 Å². The summed E-state index contributed by atoms with van der Waals surface area (Å²) in [5, 5.41) is 14.9. The Morgan fingerprint density at radius 3 is 2.32 bits per heavy atom. The number of rotatable bonds is 9. The van der Waals surface area contributed by atoms with E-state index < -0.39 is 24.0 Å². The number of nitrogens with one attached hydrogen (secondary N) is 2. The Labute approximate surface area is 203 Å². The molecule has 0 saturated heterocycles. The zero-order valence-corrected chi connectivity index (χ0v) is 20.0. The van der Waals surface area contributed by atoms with Crippen molar-refractivity contribution in [2.24, 2.45) is 5.92 Å². The number of amides is 2. The van der Waals surface area contributed by atoms with Gasteiger partial charge in [-0.05, 0) is 53.5 Å². The number of carboxylic acid groups (broad SMARTS) is 1. The van der Waals surface area contributed by atoms with Crippen LogP contribution in [0.25, 0.3) is 11.1 Å². The monoisotopic (exact) mass is 482 g/mol. The minimum Gasteiger partial charge on any atom is -0.480 e. The molecule has 8 heteroatoms. The molecule has 1 saturated carbocycles. The molecular weight excluding hydrogens is 452 g/mol. The maximum Gasteiger partial charge on any atom is 0.407 e. The Balaban J connectivity index is 1.35. The Morgan fingerprint density at radius 1 is 1.06 bits per heavy atom. The van der Waals surface area contributed by atoms with Gasteiger partial charge in [0, 0.05) is 12.0 Å². The number of thioether (sulfide) groups is 1. The van der Waals surface area contributed by atoms with Crippen LogP contribution >= 0.6 is 11.8 Å². The van der Waals surface area contributed by atoms with E-state index in [-0.39, 0.29) is 24.5 Å². The summed E-state index contributed by atoms with van der Waals surface area (Å²) in [7, 11) is 0. The molecule has 34 heavy (non-hydrogen) atoms. The second kappa shape index (κ2) is 11.0. The van der Waals surface area contributed by atoms with E-state index in [0.29, 0.717) is 25.0 Å². The van der Waals surface area contributed by atoms with Crippen LogP contribution in [0.1, 0.15) is 42.7 Å². The van der Waals surface area contributed by atoms with E-state index in [2.05, 4.69) is 34.9 Å². The minimum atomic E-state index is -1.04. The molecule has 0 aliphatic heterocycles. The van der Waals surface area contributed by atoms with Gasteiger partial charge in [0.1, 0.15) is 12.6 Å². The maximum atomic E-state index is 12.8. The Morgan fingerprint density at radius 2 is 1.71 bits per heavy atom. The molecule has 2 aromatic carbocycles. The van der Waals surface area contributed by atoms with Gasteiger partial charge < -0.3 is 20.5 Å². The Hall–Kier alpha value is -3.00. The van der Waals surface area contributed by atoms with Gasteiger partial charge in [0.2, 0.25) is 5.91 Å². The number of ether oxygens (including phenoxy) is 1. The highest BCUT2D eigenvalue weighted by Crippen LogP contribution is 2.44. The minimum absolute atomic E-state index is 0.0337. The first kappa shape index (κ1) is 24.1. The molecule has 2 aromatic rings. The second-order valence-corrected chi connectivity index (χ2v) is 9.78. The van der Waals surface area contributed by atoms with E-state index in [1.54, 1.807) is 0 Å². The summed E-state index contributed by atoms with van der Waals surface area (Å²) < 4.78 is 5.62. The summed E-state index contributed by atoms with van der Waals surface area (Å²) >= 11 is 1.53. The largest absolute Gasteiger partial charge is 0.480 e. The SMILES string of the molecule is CSCC[C@H](NC(=O)[C@H]1CCC[C@H]1NC(=O)OCC1c2ccccc2-c2ccccc21)C(=O)O. The van der Waals surface area contributed by atoms with Crippen LogP contribution in [-0.4, -0.2) is 53.8 Å². The zero-order valence-electron chi connectivity index (χ0n) is 19.2. The quantitative estimate of drug-likeness (QED) is 0.499. The molecule has 1 fully saturated rings. The van der Waals surface area contributed by atoms with Gasteiger partial charge in [-0.15, -0.1) is 0 Å². The first-order chi connectivity index (χ1) is 16.5. The third kappa shape index (κ3) is 5.22. The lowest BCUT2D eigenvalue weighted by atomic mass is 9.98. The van der Waals surface area contributed by atoms with Crippen molar-refractivity contribution in [1.82, 2.24) is 10.6 Å². The van der Waals surface area contributed by atoms with E-state index in [9.17, 15) is 19.5 Å². The molecule has 3 N–H and O–H groups in total. The molecule has 0 aromatic heterocycles. The van der Waals surface area contributed by atoms with Crippen molar-refractivity contribution in [3.8, 4) is 11.1 Å². The average molecular weight is 483 g/mol. The summed E-state index contributed by atoms with van der Waals surface area (Å²) in [4.78, 5) is 36.9. The van der Waals surface area contributed by atoms with Crippen molar-refractivity contribution in [1.29, 1.82) is 0 Å². The van der Waals surface area contributed by atoms with Gasteiger partial charge in [-0.1, -0.05) is 55.0 Å². The van der Waals surface area contributed by atoms with Crippen LogP contribution in [0.3, 0.4) is 0 Å². The molecule has 0 unspecified atom stereocenters. The summed E-state index contributed by atoms with van der Waals surface area (Å²) in [6.07, 6.45) is 3.75. The molecule has 180 valence electrons. The normalized spacial score (nSPS) is 19.7. The Kier molecular flexibility index (Phi) is 7.77. The third-order valence-electron chi connectivity index (χ3n) is 6.72. The first-order valence-electron chi connectivity index (χ1n) is 11.6. The highest BCUT2D eigenvalue weighted by Gasteiger charge is 2.36. The van der Waals surface area contributed by atoms with E-state index in [4.69, 9.17) is 4.74 Å². The number of hydrogen-bond acceptors (Lipinski definition) is 5. The van der Waals surface area contributed by atoms with Crippen molar-refractivity contribution in [3.63, 3.8) is 0 Å². The van der Waals surface area contributed by atoms with Gasteiger partial charge >= 0.3 is 12.1 Å². The van der Waals surface area contributed by atoms with E-state index in [1.165, 1.54) is 11.8 Å². The Bertz CT molecular complexity index is 1010. The van der Waals surface area contributed by atoms with Crippen LogP contribution in [0.15, 0.2) is 48.5 Å². The number of fused-ring (bicyclic) bond motifs is 3. The molecule has 2 aliphatic carbocycles. The lowest BCUT2D eigenvalue weighted by molar-refractivity contribution is -0.142. The van der Waals surface area contributed by atoms with E-state index >= 15 is 0 Å². The number of hydrogen-bond donors (Lipinski definition) is 3. The molecule has 0 radical (unpaired) electrons. The third-order valence-corrected chi connectivity index (χ3v) is 7.37. The molecular formula is C26H30N2O5S. The van der Waals surface area contributed by atoms with Gasteiger partial charge in [0.25, 0.3) is 0 Å². The maximum absolute atomic E-state index is 12.8. The number of carboxylic acids is 1. The summed E-state index contributed by atoms with van der Waals surface area (Å²) in [6, 6.07) is 15.0.